The number of fused-ring (bicyclic) bond motifs is 1. The van der Waals surface area contributed by atoms with Crippen LogP contribution in [0.1, 0.15) is 46.5 Å². The van der Waals surface area contributed by atoms with E-state index in [4.69, 9.17) is 14.2 Å². The van der Waals surface area contributed by atoms with Gasteiger partial charge in [0.15, 0.2) is 6.61 Å². The maximum absolute atomic E-state index is 12.0. The highest BCUT2D eigenvalue weighted by molar-refractivity contribution is 5.79. The summed E-state index contributed by atoms with van der Waals surface area (Å²) in [5, 5.41) is 0. The quantitative estimate of drug-likeness (QED) is 0.582. The number of esters is 3. The minimum absolute atomic E-state index is 0.0498. The van der Waals surface area contributed by atoms with Gasteiger partial charge in [-0.15, -0.1) is 0 Å². The summed E-state index contributed by atoms with van der Waals surface area (Å²) in [7, 11) is 0. The number of hydrogen-bond donors (Lipinski definition) is 0. The molecule has 0 N–H and O–H groups in total. The van der Waals surface area contributed by atoms with Crippen molar-refractivity contribution in [2.45, 2.75) is 58.7 Å². The molecule has 4 fully saturated rings. The van der Waals surface area contributed by atoms with Gasteiger partial charge in [0, 0.05) is 5.92 Å². The van der Waals surface area contributed by atoms with E-state index in [9.17, 15) is 14.4 Å². The number of ether oxygens (including phenoxy) is 3. The highest BCUT2D eigenvalue weighted by Crippen LogP contribution is 2.48. The van der Waals surface area contributed by atoms with Crippen LogP contribution in [0.3, 0.4) is 0 Å². The van der Waals surface area contributed by atoms with E-state index in [2.05, 4.69) is 0 Å². The van der Waals surface area contributed by atoms with Crippen molar-refractivity contribution in [3.05, 3.63) is 0 Å². The second kappa shape index (κ2) is 5.80. The Kier molecular flexibility index (Phi) is 4.10. The lowest BCUT2D eigenvalue weighted by molar-refractivity contribution is -0.179. The lowest BCUT2D eigenvalue weighted by Gasteiger charge is -2.41. The van der Waals surface area contributed by atoms with Crippen LogP contribution in [0.25, 0.3) is 0 Å². The van der Waals surface area contributed by atoms with Gasteiger partial charge in [-0.3, -0.25) is 9.59 Å². The van der Waals surface area contributed by atoms with Gasteiger partial charge in [-0.05, 0) is 52.4 Å². The van der Waals surface area contributed by atoms with Gasteiger partial charge in [0.2, 0.25) is 0 Å². The molecule has 2 heterocycles. The molecule has 128 valence electrons. The van der Waals surface area contributed by atoms with Crippen LogP contribution < -0.4 is 0 Å². The Bertz CT molecular complexity index is 520. The Labute approximate surface area is 135 Å². The van der Waals surface area contributed by atoms with E-state index in [0.717, 1.165) is 25.7 Å². The molecule has 2 aliphatic carbocycles. The van der Waals surface area contributed by atoms with Crippen LogP contribution in [0.2, 0.25) is 0 Å². The second-order valence-electron chi connectivity index (χ2n) is 8.02. The third-order valence-electron chi connectivity index (χ3n) is 5.04. The van der Waals surface area contributed by atoms with Crippen LogP contribution in [0, 0.1) is 23.2 Å². The topological polar surface area (TPSA) is 78.9 Å². The summed E-state index contributed by atoms with van der Waals surface area (Å²) < 4.78 is 16.0. The first-order chi connectivity index (χ1) is 10.7. The summed E-state index contributed by atoms with van der Waals surface area (Å²) in [4.78, 5) is 35.7. The minimum atomic E-state index is -0.657. The minimum Gasteiger partial charge on any atom is -0.458 e. The van der Waals surface area contributed by atoms with E-state index in [-0.39, 0.29) is 23.9 Å². The van der Waals surface area contributed by atoms with Crippen LogP contribution in [0.4, 0.5) is 0 Å². The van der Waals surface area contributed by atoms with Gasteiger partial charge in [0.1, 0.15) is 12.2 Å². The molecule has 0 aromatic rings. The summed E-state index contributed by atoms with van der Waals surface area (Å²) in [5.74, 6) is -0.555. The van der Waals surface area contributed by atoms with E-state index in [0.29, 0.717) is 5.92 Å². The summed E-state index contributed by atoms with van der Waals surface area (Å²) in [6, 6.07) is 0. The van der Waals surface area contributed by atoms with E-state index >= 15 is 0 Å². The highest BCUT2D eigenvalue weighted by Gasteiger charge is 2.51. The van der Waals surface area contributed by atoms with Crippen molar-refractivity contribution in [1.82, 2.24) is 0 Å². The lowest BCUT2D eigenvalue weighted by atomic mass is 9.67. The molecule has 0 aromatic heterocycles. The molecular weight excluding hydrogens is 300 g/mol. The van der Waals surface area contributed by atoms with Crippen molar-refractivity contribution >= 4 is 17.9 Å². The number of rotatable bonds is 3. The van der Waals surface area contributed by atoms with E-state index < -0.39 is 30.1 Å². The van der Waals surface area contributed by atoms with Crippen LogP contribution >= 0.6 is 0 Å². The zero-order valence-corrected chi connectivity index (χ0v) is 13.9. The first-order valence-corrected chi connectivity index (χ1v) is 8.31. The van der Waals surface area contributed by atoms with Crippen molar-refractivity contribution in [3.8, 4) is 0 Å². The van der Waals surface area contributed by atoms with Gasteiger partial charge in [0.05, 0.1) is 11.3 Å². The Morgan fingerprint density at radius 2 is 1.91 bits per heavy atom. The number of carbonyl (C=O) groups excluding carboxylic acids is 3. The SMILES string of the molecule is CC(C)(C)C(=O)OCC(=O)OC1C2CC3CC(C2)C(=O)OC1C3. The fraction of sp³-hybridized carbons (Fsp3) is 0.824. The normalized spacial score (nSPS) is 35.4. The Morgan fingerprint density at radius 1 is 1.17 bits per heavy atom. The van der Waals surface area contributed by atoms with Crippen molar-refractivity contribution < 1.29 is 28.6 Å². The molecule has 0 aromatic carbocycles. The lowest BCUT2D eigenvalue weighted by Crippen LogP contribution is -2.45. The fourth-order valence-electron chi connectivity index (χ4n) is 3.96. The van der Waals surface area contributed by atoms with Crippen LogP contribution in [0.15, 0.2) is 0 Å². The van der Waals surface area contributed by atoms with Crippen molar-refractivity contribution in [2.75, 3.05) is 6.61 Å². The molecule has 23 heavy (non-hydrogen) atoms. The van der Waals surface area contributed by atoms with Gasteiger partial charge >= 0.3 is 17.9 Å². The molecule has 5 atom stereocenters. The number of hydrogen-bond acceptors (Lipinski definition) is 6. The third kappa shape index (κ3) is 3.35. The van der Waals surface area contributed by atoms with Gasteiger partial charge in [-0.25, -0.2) is 4.79 Å². The number of carbonyl (C=O) groups is 3. The zero-order chi connectivity index (χ0) is 16.8. The highest BCUT2D eigenvalue weighted by atomic mass is 16.6. The van der Waals surface area contributed by atoms with E-state index in [1.165, 1.54) is 0 Å². The maximum Gasteiger partial charge on any atom is 0.344 e. The molecule has 6 nitrogen and oxygen atoms in total. The molecule has 2 saturated carbocycles. The zero-order valence-electron chi connectivity index (χ0n) is 13.9. The molecule has 4 bridgehead atoms. The molecule has 5 unspecified atom stereocenters. The average molecular weight is 324 g/mol. The molecule has 0 spiro atoms. The van der Waals surface area contributed by atoms with Crippen LogP contribution in [0.5, 0.6) is 0 Å². The van der Waals surface area contributed by atoms with Gasteiger partial charge in [-0.1, -0.05) is 0 Å². The molecule has 4 aliphatic rings. The molecule has 2 aliphatic heterocycles. The third-order valence-corrected chi connectivity index (χ3v) is 5.04. The summed E-state index contributed by atoms with van der Waals surface area (Å²) in [5.41, 5.74) is -0.657. The largest absolute Gasteiger partial charge is 0.458 e. The molecular formula is C17H24O6. The van der Waals surface area contributed by atoms with Crippen molar-refractivity contribution in [3.63, 3.8) is 0 Å². The molecule has 0 amide bonds. The first kappa shape index (κ1) is 16.3. The monoisotopic (exact) mass is 324 g/mol. The van der Waals surface area contributed by atoms with Crippen molar-refractivity contribution in [2.24, 2.45) is 23.2 Å². The summed E-state index contributed by atoms with van der Waals surface area (Å²) >= 11 is 0. The molecule has 2 saturated heterocycles. The van der Waals surface area contributed by atoms with E-state index in [1.54, 1.807) is 20.8 Å². The van der Waals surface area contributed by atoms with Crippen LogP contribution in [-0.4, -0.2) is 36.7 Å². The molecule has 4 rings (SSSR count). The molecule has 6 heteroatoms. The Balaban J connectivity index is 1.59. The molecule has 0 radical (unpaired) electrons. The van der Waals surface area contributed by atoms with Gasteiger partial charge < -0.3 is 14.2 Å². The van der Waals surface area contributed by atoms with Gasteiger partial charge in [-0.2, -0.15) is 0 Å². The first-order valence-electron chi connectivity index (χ1n) is 8.31. The standard InChI is InChI=1S/C17H24O6/c1-17(2,3)16(20)21-8-13(18)23-14-10-4-9-5-11(7-10)15(19)22-12(14)6-9/h9-12,14H,4-8H2,1-3H3. The summed E-state index contributed by atoms with van der Waals surface area (Å²) in [6.45, 7) is 4.78. The smallest absolute Gasteiger partial charge is 0.344 e. The van der Waals surface area contributed by atoms with E-state index in [1.807, 2.05) is 0 Å². The Morgan fingerprint density at radius 3 is 2.61 bits per heavy atom. The maximum atomic E-state index is 12.0. The van der Waals surface area contributed by atoms with Crippen LogP contribution in [-0.2, 0) is 28.6 Å². The fourth-order valence-corrected chi connectivity index (χ4v) is 3.96. The summed E-state index contributed by atoms with van der Waals surface area (Å²) in [6.07, 6.45) is 2.62. The second-order valence-corrected chi connectivity index (χ2v) is 8.02. The average Bonchev–Trinajstić information content (AvgIpc) is 2.62. The van der Waals surface area contributed by atoms with Crippen molar-refractivity contribution in [1.29, 1.82) is 0 Å². The predicted octanol–water partition coefficient (Wildman–Crippen LogP) is 1.85. The predicted molar refractivity (Wildman–Crippen MR) is 79.1 cm³/mol. The van der Waals surface area contributed by atoms with Gasteiger partial charge in [0.25, 0.3) is 0 Å². The Hall–Kier alpha value is -1.59.